The molecule has 2 fully saturated rings. The van der Waals surface area contributed by atoms with Gasteiger partial charge in [-0.3, -0.25) is 14.6 Å². The number of benzene rings is 2. The van der Waals surface area contributed by atoms with Crippen LogP contribution >= 0.6 is 0 Å². The molecule has 8 nitrogen and oxygen atoms in total. The van der Waals surface area contributed by atoms with E-state index in [0.717, 1.165) is 61.5 Å². The number of hydrogen-bond donors (Lipinski definition) is 2. The molecule has 2 aromatic rings. The van der Waals surface area contributed by atoms with Gasteiger partial charge in [-0.2, -0.15) is 5.10 Å². The van der Waals surface area contributed by atoms with Crippen LogP contribution in [0, 0.1) is 5.92 Å². The lowest BCUT2D eigenvalue weighted by Gasteiger charge is -2.29. The molecular weight excluding hydrogens is 444 g/mol. The zero-order valence-corrected chi connectivity index (χ0v) is 20.5. The van der Waals surface area contributed by atoms with E-state index in [-0.39, 0.29) is 23.8 Å². The fourth-order valence-corrected chi connectivity index (χ4v) is 4.53. The van der Waals surface area contributed by atoms with Gasteiger partial charge in [-0.25, -0.2) is 0 Å². The van der Waals surface area contributed by atoms with Gasteiger partial charge in [0.15, 0.2) is 11.5 Å². The Morgan fingerprint density at radius 1 is 0.943 bits per heavy atom. The Hall–Kier alpha value is -3.55. The van der Waals surface area contributed by atoms with E-state index in [1.54, 1.807) is 31.4 Å². The summed E-state index contributed by atoms with van der Waals surface area (Å²) in [5, 5.41) is 12.3. The minimum atomic E-state index is -0.124. The van der Waals surface area contributed by atoms with Gasteiger partial charge in [0.05, 0.1) is 19.4 Å². The predicted octanol–water partition coefficient (Wildman–Crippen LogP) is 4.66. The minimum absolute atomic E-state index is 0.0183. The number of hydrogen-bond acceptors (Lipinski definition) is 6. The van der Waals surface area contributed by atoms with Crippen molar-refractivity contribution in [3.05, 3.63) is 48.0 Å². The molecule has 186 valence electrons. The molecule has 1 aliphatic heterocycles. The molecule has 35 heavy (non-hydrogen) atoms. The van der Waals surface area contributed by atoms with Gasteiger partial charge >= 0.3 is 0 Å². The van der Waals surface area contributed by atoms with E-state index in [0.29, 0.717) is 5.69 Å². The summed E-state index contributed by atoms with van der Waals surface area (Å²) >= 11 is 0. The lowest BCUT2D eigenvalue weighted by molar-refractivity contribution is -0.121. The molecule has 2 N–H and O–H groups in total. The Balaban J connectivity index is 1.27. The molecule has 2 aromatic carbocycles. The molecule has 1 saturated heterocycles. The van der Waals surface area contributed by atoms with Crippen molar-refractivity contribution < 1.29 is 19.1 Å². The maximum Gasteiger partial charge on any atom is 0.227 e. The summed E-state index contributed by atoms with van der Waals surface area (Å²) in [6.45, 7) is 2.90. The highest BCUT2D eigenvalue weighted by molar-refractivity contribution is 5.93. The van der Waals surface area contributed by atoms with Crippen LogP contribution in [0.5, 0.6) is 11.5 Å². The minimum Gasteiger partial charge on any atom is -0.493 e. The summed E-state index contributed by atoms with van der Waals surface area (Å²) in [6.07, 6.45) is 8.20. The van der Waals surface area contributed by atoms with E-state index >= 15 is 0 Å². The first-order valence-corrected chi connectivity index (χ1v) is 12.3. The van der Waals surface area contributed by atoms with Crippen LogP contribution in [0.4, 0.5) is 11.4 Å². The van der Waals surface area contributed by atoms with Crippen molar-refractivity contribution >= 4 is 29.4 Å². The number of rotatable bonds is 8. The molecular formula is C27H34N4O4. The standard InChI is InChI=1S/C27H34N4O4/c1-19(32)29-22-8-10-23(11-9-22)30-27(33)21-13-15-31(16-14-21)28-18-20-7-12-25(34-2)26(17-20)35-24-5-3-4-6-24/h7-12,17-18,21,24H,3-6,13-16H2,1-2H3,(H,29,32)(H,30,33)/b28-18+. The zero-order valence-electron chi connectivity index (χ0n) is 20.5. The highest BCUT2D eigenvalue weighted by Crippen LogP contribution is 2.32. The molecule has 8 heteroatoms. The summed E-state index contributed by atoms with van der Waals surface area (Å²) in [5.41, 5.74) is 2.39. The second-order valence-electron chi connectivity index (χ2n) is 9.15. The molecule has 2 aliphatic rings. The van der Waals surface area contributed by atoms with E-state index in [1.807, 2.05) is 29.4 Å². The van der Waals surface area contributed by atoms with Gasteiger partial charge in [-0.05, 0) is 86.6 Å². The van der Waals surface area contributed by atoms with Crippen molar-refractivity contribution in [3.8, 4) is 11.5 Å². The topological polar surface area (TPSA) is 92.3 Å². The third kappa shape index (κ3) is 6.97. The van der Waals surface area contributed by atoms with Gasteiger partial charge in [0, 0.05) is 37.3 Å². The van der Waals surface area contributed by atoms with Gasteiger partial charge in [0.2, 0.25) is 11.8 Å². The fourth-order valence-electron chi connectivity index (χ4n) is 4.53. The number of nitrogens with one attached hydrogen (secondary N) is 2. The second-order valence-corrected chi connectivity index (χ2v) is 9.15. The van der Waals surface area contributed by atoms with Crippen LogP contribution in [0.25, 0.3) is 0 Å². The van der Waals surface area contributed by atoms with Gasteiger partial charge in [0.1, 0.15) is 0 Å². The molecule has 4 rings (SSSR count). The van der Waals surface area contributed by atoms with Gasteiger partial charge in [-0.15, -0.1) is 0 Å². The second kappa shape index (κ2) is 11.7. The van der Waals surface area contributed by atoms with E-state index in [9.17, 15) is 9.59 Å². The molecule has 0 aromatic heterocycles. The molecule has 0 unspecified atom stereocenters. The lowest BCUT2D eigenvalue weighted by atomic mass is 9.97. The number of carbonyl (C=O) groups excluding carboxylic acids is 2. The molecule has 0 atom stereocenters. The summed E-state index contributed by atoms with van der Waals surface area (Å²) in [6, 6.07) is 13.0. The number of anilines is 2. The van der Waals surface area contributed by atoms with Crippen molar-refractivity contribution in [2.45, 2.75) is 51.6 Å². The normalized spacial score (nSPS) is 16.9. The SMILES string of the molecule is COc1ccc(/C=N/N2CCC(C(=O)Nc3ccc(NC(C)=O)cc3)CC2)cc1OC1CCCC1. The molecule has 0 radical (unpaired) electrons. The van der Waals surface area contributed by atoms with E-state index in [1.165, 1.54) is 19.8 Å². The van der Waals surface area contributed by atoms with E-state index < -0.39 is 0 Å². The van der Waals surface area contributed by atoms with Gasteiger partial charge < -0.3 is 20.1 Å². The van der Waals surface area contributed by atoms with E-state index in [4.69, 9.17) is 9.47 Å². The smallest absolute Gasteiger partial charge is 0.227 e. The van der Waals surface area contributed by atoms with Crippen LogP contribution in [-0.2, 0) is 9.59 Å². The third-order valence-electron chi connectivity index (χ3n) is 6.47. The van der Waals surface area contributed by atoms with Crippen LogP contribution < -0.4 is 20.1 Å². The number of nitrogens with zero attached hydrogens (tertiary/aromatic N) is 2. The number of hydrazone groups is 1. The van der Waals surface area contributed by atoms with Crippen molar-refractivity contribution in [2.75, 3.05) is 30.8 Å². The van der Waals surface area contributed by atoms with Crippen LogP contribution in [0.3, 0.4) is 0 Å². The van der Waals surface area contributed by atoms with Crippen LogP contribution in [0.15, 0.2) is 47.6 Å². The van der Waals surface area contributed by atoms with E-state index in [2.05, 4.69) is 15.7 Å². The molecule has 2 amide bonds. The van der Waals surface area contributed by atoms with Crippen molar-refractivity contribution in [3.63, 3.8) is 0 Å². The molecule has 1 aliphatic carbocycles. The Bertz CT molecular complexity index is 1040. The maximum absolute atomic E-state index is 12.7. The monoisotopic (exact) mass is 478 g/mol. The molecule has 1 heterocycles. The summed E-state index contributed by atoms with van der Waals surface area (Å²) in [4.78, 5) is 23.8. The van der Waals surface area contributed by atoms with Crippen molar-refractivity contribution in [1.29, 1.82) is 0 Å². The number of ether oxygens (including phenoxy) is 2. The highest BCUT2D eigenvalue weighted by Gasteiger charge is 2.24. The Morgan fingerprint density at radius 3 is 2.23 bits per heavy atom. The van der Waals surface area contributed by atoms with Crippen molar-refractivity contribution in [2.24, 2.45) is 11.0 Å². The average molecular weight is 479 g/mol. The Labute approximate surface area is 206 Å². The number of amides is 2. The first-order chi connectivity index (χ1) is 17.0. The highest BCUT2D eigenvalue weighted by atomic mass is 16.5. The summed E-state index contributed by atoms with van der Waals surface area (Å²) in [7, 11) is 1.66. The number of methoxy groups -OCH3 is 1. The number of piperidine rings is 1. The van der Waals surface area contributed by atoms with Crippen LogP contribution in [-0.4, -0.2) is 49.3 Å². The van der Waals surface area contributed by atoms with Gasteiger partial charge in [0.25, 0.3) is 0 Å². The first-order valence-electron chi connectivity index (χ1n) is 12.3. The molecule has 0 spiro atoms. The largest absolute Gasteiger partial charge is 0.493 e. The predicted molar refractivity (Wildman–Crippen MR) is 137 cm³/mol. The average Bonchev–Trinajstić information content (AvgIpc) is 3.37. The Kier molecular flexibility index (Phi) is 8.23. The molecule has 1 saturated carbocycles. The van der Waals surface area contributed by atoms with Crippen LogP contribution in [0.2, 0.25) is 0 Å². The zero-order chi connectivity index (χ0) is 24.6. The summed E-state index contributed by atoms with van der Waals surface area (Å²) < 4.78 is 11.6. The maximum atomic E-state index is 12.7. The lowest BCUT2D eigenvalue weighted by Crippen LogP contribution is -2.35. The third-order valence-corrected chi connectivity index (χ3v) is 6.47. The quantitative estimate of drug-likeness (QED) is 0.539. The van der Waals surface area contributed by atoms with Gasteiger partial charge in [-0.1, -0.05) is 0 Å². The van der Waals surface area contributed by atoms with Crippen molar-refractivity contribution in [1.82, 2.24) is 5.01 Å². The summed E-state index contributed by atoms with van der Waals surface area (Å²) in [5.74, 6) is 1.35. The fraction of sp³-hybridized carbons (Fsp3) is 0.444. The van der Waals surface area contributed by atoms with Crippen LogP contribution in [0.1, 0.15) is 51.0 Å². The first kappa shape index (κ1) is 24.6. The Morgan fingerprint density at radius 2 is 1.60 bits per heavy atom. The molecule has 0 bridgehead atoms. The number of carbonyl (C=O) groups is 2.